The van der Waals surface area contributed by atoms with Gasteiger partial charge in [-0.15, -0.1) is 0 Å². The maximum atomic E-state index is 12.4. The summed E-state index contributed by atoms with van der Waals surface area (Å²) in [7, 11) is 0. The van der Waals surface area contributed by atoms with Crippen molar-refractivity contribution in [2.45, 2.75) is 19.9 Å². The van der Waals surface area contributed by atoms with Crippen LogP contribution in [0.2, 0.25) is 0 Å². The molecule has 0 unspecified atom stereocenters. The zero-order valence-corrected chi connectivity index (χ0v) is 14.2. The quantitative estimate of drug-likeness (QED) is 0.905. The van der Waals surface area contributed by atoms with Crippen LogP contribution < -0.4 is 5.32 Å². The van der Waals surface area contributed by atoms with E-state index >= 15 is 0 Å². The van der Waals surface area contributed by atoms with Crippen LogP contribution in [0, 0.1) is 6.92 Å². The van der Waals surface area contributed by atoms with Gasteiger partial charge in [0, 0.05) is 23.2 Å². The molecule has 1 N–H and O–H groups in total. The Hall–Kier alpha value is -1.81. The third kappa shape index (κ3) is 3.33. The molecule has 22 heavy (non-hydrogen) atoms. The maximum absolute atomic E-state index is 12.4. The summed E-state index contributed by atoms with van der Waals surface area (Å²) in [6, 6.07) is 14.4. The number of nitrogens with zero attached hydrogens (tertiary/aromatic N) is 1. The Labute approximate surface area is 139 Å². The number of fused-ring (bicyclic) bond motifs is 1. The number of halogens is 1. The molecule has 3 nitrogen and oxygen atoms in total. The molecule has 4 heteroatoms. The van der Waals surface area contributed by atoms with Gasteiger partial charge in [0.15, 0.2) is 0 Å². The van der Waals surface area contributed by atoms with Gasteiger partial charge in [-0.2, -0.15) is 0 Å². The van der Waals surface area contributed by atoms with Crippen LogP contribution in [0.5, 0.6) is 0 Å². The number of carbonyl (C=O) groups excluding carboxylic acids is 1. The van der Waals surface area contributed by atoms with Crippen molar-refractivity contribution < 1.29 is 4.79 Å². The predicted octanol–water partition coefficient (Wildman–Crippen LogP) is 3.75. The van der Waals surface area contributed by atoms with Crippen LogP contribution in [0.1, 0.15) is 16.7 Å². The largest absolute Gasteiger partial charge is 0.376 e. The normalized spacial score (nSPS) is 13.6. The Morgan fingerprint density at radius 3 is 2.77 bits per heavy atom. The minimum absolute atomic E-state index is 0.148. The molecule has 114 valence electrons. The molecule has 0 radical (unpaired) electrons. The second kappa shape index (κ2) is 6.53. The molecule has 1 amide bonds. The third-order valence-corrected chi connectivity index (χ3v) is 4.97. The first-order chi connectivity index (χ1) is 10.6. The van der Waals surface area contributed by atoms with Gasteiger partial charge in [-0.05, 0) is 48.2 Å². The van der Waals surface area contributed by atoms with E-state index in [-0.39, 0.29) is 5.91 Å². The maximum Gasteiger partial charge on any atom is 0.242 e. The van der Waals surface area contributed by atoms with E-state index in [1.807, 2.05) is 36.1 Å². The van der Waals surface area contributed by atoms with Crippen molar-refractivity contribution in [3.8, 4) is 0 Å². The lowest BCUT2D eigenvalue weighted by Crippen LogP contribution is -2.39. The zero-order valence-electron chi connectivity index (χ0n) is 12.6. The minimum atomic E-state index is 0.148. The van der Waals surface area contributed by atoms with E-state index in [2.05, 4.69) is 39.4 Å². The third-order valence-electron chi connectivity index (χ3n) is 4.09. The fraction of sp³-hybridized carbons (Fsp3) is 0.278. The van der Waals surface area contributed by atoms with E-state index in [0.717, 1.165) is 35.2 Å². The summed E-state index contributed by atoms with van der Waals surface area (Å²) < 4.78 is 1.08. The Kier molecular flexibility index (Phi) is 4.48. The summed E-state index contributed by atoms with van der Waals surface area (Å²) in [4.78, 5) is 14.3. The molecule has 0 fully saturated rings. The fourth-order valence-electron chi connectivity index (χ4n) is 2.75. The molecule has 2 aromatic rings. The molecule has 0 aromatic heterocycles. The number of hydrogen-bond donors (Lipinski definition) is 1. The van der Waals surface area contributed by atoms with Crippen LogP contribution in [0.4, 0.5) is 5.69 Å². The average Bonchev–Trinajstić information content (AvgIpc) is 2.55. The minimum Gasteiger partial charge on any atom is -0.376 e. The van der Waals surface area contributed by atoms with Crippen molar-refractivity contribution in [3.63, 3.8) is 0 Å². The highest BCUT2D eigenvalue weighted by molar-refractivity contribution is 9.10. The van der Waals surface area contributed by atoms with Crippen LogP contribution in [0.3, 0.4) is 0 Å². The first kappa shape index (κ1) is 15.1. The molecular weight excluding hydrogens is 340 g/mol. The van der Waals surface area contributed by atoms with Crippen molar-refractivity contribution in [2.24, 2.45) is 0 Å². The standard InChI is InChI=1S/C18H19BrN2O/c1-13-10-16(6-7-17(13)19)20-11-18(22)21-9-8-14-4-2-3-5-15(14)12-21/h2-7,10,20H,8-9,11-12H2,1H3. The van der Waals surface area contributed by atoms with Gasteiger partial charge in [-0.3, -0.25) is 4.79 Å². The lowest BCUT2D eigenvalue weighted by molar-refractivity contribution is -0.130. The van der Waals surface area contributed by atoms with Gasteiger partial charge in [0.1, 0.15) is 0 Å². The molecular formula is C18H19BrN2O. The Balaban J connectivity index is 1.60. The van der Waals surface area contributed by atoms with E-state index in [9.17, 15) is 4.79 Å². The van der Waals surface area contributed by atoms with Crippen LogP contribution in [-0.2, 0) is 17.8 Å². The van der Waals surface area contributed by atoms with Crippen LogP contribution in [-0.4, -0.2) is 23.9 Å². The van der Waals surface area contributed by atoms with Gasteiger partial charge in [-0.1, -0.05) is 40.2 Å². The molecule has 0 bridgehead atoms. The molecule has 1 heterocycles. The Morgan fingerprint density at radius 1 is 1.23 bits per heavy atom. The van der Waals surface area contributed by atoms with E-state index in [1.54, 1.807) is 0 Å². The van der Waals surface area contributed by atoms with E-state index in [1.165, 1.54) is 11.1 Å². The highest BCUT2D eigenvalue weighted by Gasteiger charge is 2.19. The first-order valence-corrected chi connectivity index (χ1v) is 8.27. The van der Waals surface area contributed by atoms with E-state index in [4.69, 9.17) is 0 Å². The molecule has 0 saturated carbocycles. The van der Waals surface area contributed by atoms with Gasteiger partial charge < -0.3 is 10.2 Å². The number of hydrogen-bond acceptors (Lipinski definition) is 2. The lowest BCUT2D eigenvalue weighted by atomic mass is 10.00. The van der Waals surface area contributed by atoms with Gasteiger partial charge in [0.2, 0.25) is 5.91 Å². The monoisotopic (exact) mass is 358 g/mol. The predicted molar refractivity (Wildman–Crippen MR) is 92.9 cm³/mol. The fourth-order valence-corrected chi connectivity index (χ4v) is 3.00. The summed E-state index contributed by atoms with van der Waals surface area (Å²) in [5, 5.41) is 3.22. The first-order valence-electron chi connectivity index (χ1n) is 7.48. The molecule has 3 rings (SSSR count). The smallest absolute Gasteiger partial charge is 0.242 e. The lowest BCUT2D eigenvalue weighted by Gasteiger charge is -2.29. The topological polar surface area (TPSA) is 32.3 Å². The van der Waals surface area contributed by atoms with Gasteiger partial charge in [-0.25, -0.2) is 0 Å². The molecule has 1 aliphatic heterocycles. The zero-order chi connectivity index (χ0) is 15.5. The molecule has 0 atom stereocenters. The van der Waals surface area contributed by atoms with E-state index < -0.39 is 0 Å². The second-order valence-corrected chi connectivity index (χ2v) is 6.51. The molecule has 0 aliphatic carbocycles. The van der Waals surface area contributed by atoms with Crippen molar-refractivity contribution in [3.05, 3.63) is 63.6 Å². The number of aryl methyl sites for hydroxylation is 1. The van der Waals surface area contributed by atoms with Crippen molar-refractivity contribution in [2.75, 3.05) is 18.4 Å². The Bertz CT molecular complexity index is 699. The van der Waals surface area contributed by atoms with Crippen molar-refractivity contribution >= 4 is 27.5 Å². The number of benzene rings is 2. The summed E-state index contributed by atoms with van der Waals surface area (Å²) in [5.74, 6) is 0.148. The van der Waals surface area contributed by atoms with Gasteiger partial charge in [0.05, 0.1) is 6.54 Å². The van der Waals surface area contributed by atoms with E-state index in [0.29, 0.717) is 6.54 Å². The van der Waals surface area contributed by atoms with Gasteiger partial charge >= 0.3 is 0 Å². The summed E-state index contributed by atoms with van der Waals surface area (Å²) in [6.07, 6.45) is 0.944. The van der Waals surface area contributed by atoms with Gasteiger partial charge in [0.25, 0.3) is 0 Å². The van der Waals surface area contributed by atoms with Crippen LogP contribution in [0.15, 0.2) is 46.9 Å². The molecule has 0 spiro atoms. The number of rotatable bonds is 3. The van der Waals surface area contributed by atoms with Crippen molar-refractivity contribution in [1.29, 1.82) is 0 Å². The highest BCUT2D eigenvalue weighted by Crippen LogP contribution is 2.21. The number of amides is 1. The summed E-state index contributed by atoms with van der Waals surface area (Å²) in [5.41, 5.74) is 4.76. The average molecular weight is 359 g/mol. The summed E-state index contributed by atoms with van der Waals surface area (Å²) in [6.45, 7) is 3.90. The SMILES string of the molecule is Cc1cc(NCC(=O)N2CCc3ccccc3C2)ccc1Br. The van der Waals surface area contributed by atoms with Crippen LogP contribution >= 0.6 is 15.9 Å². The summed E-state index contributed by atoms with van der Waals surface area (Å²) >= 11 is 3.48. The van der Waals surface area contributed by atoms with Crippen LogP contribution in [0.25, 0.3) is 0 Å². The molecule has 0 saturated heterocycles. The highest BCUT2D eigenvalue weighted by atomic mass is 79.9. The molecule has 2 aromatic carbocycles. The second-order valence-electron chi connectivity index (χ2n) is 5.65. The number of anilines is 1. The number of nitrogens with one attached hydrogen (secondary N) is 1. The van der Waals surface area contributed by atoms with Crippen molar-refractivity contribution in [1.82, 2.24) is 4.90 Å². The Morgan fingerprint density at radius 2 is 2.00 bits per heavy atom. The number of carbonyl (C=O) groups is 1. The molecule has 1 aliphatic rings.